The van der Waals surface area contributed by atoms with Crippen LogP contribution in [0.1, 0.15) is 12.8 Å². The van der Waals surface area contributed by atoms with E-state index in [1.807, 2.05) is 28.8 Å². The van der Waals surface area contributed by atoms with E-state index < -0.39 is 0 Å². The third-order valence-corrected chi connectivity index (χ3v) is 3.92. The van der Waals surface area contributed by atoms with E-state index in [9.17, 15) is 4.79 Å². The van der Waals surface area contributed by atoms with Crippen LogP contribution in [0.2, 0.25) is 0 Å². The van der Waals surface area contributed by atoms with Gasteiger partial charge in [0.1, 0.15) is 0 Å². The van der Waals surface area contributed by atoms with Gasteiger partial charge in [-0.05, 0) is 44.5 Å². The van der Waals surface area contributed by atoms with Gasteiger partial charge in [-0.2, -0.15) is 0 Å². The Hall–Kier alpha value is -1.68. The smallest absolute Gasteiger partial charge is 0.269 e. The minimum absolute atomic E-state index is 0.00641. The Morgan fingerprint density at radius 2 is 2.21 bits per heavy atom. The molecule has 0 radical (unpaired) electrons. The molecule has 0 N–H and O–H groups in total. The summed E-state index contributed by atoms with van der Waals surface area (Å²) in [5.41, 5.74) is 1.85. The molecule has 1 aliphatic rings. The quantitative estimate of drug-likeness (QED) is 0.822. The highest BCUT2D eigenvalue weighted by Crippen LogP contribution is 2.18. The van der Waals surface area contributed by atoms with Crippen LogP contribution in [0, 0.1) is 5.92 Å². The van der Waals surface area contributed by atoms with E-state index in [1.165, 1.54) is 25.6 Å². The van der Waals surface area contributed by atoms with Crippen LogP contribution in [0.25, 0.3) is 11.0 Å². The Morgan fingerprint density at radius 1 is 1.37 bits per heavy atom. The van der Waals surface area contributed by atoms with E-state index in [4.69, 9.17) is 0 Å². The van der Waals surface area contributed by atoms with Crippen LogP contribution < -0.4 is 5.56 Å². The minimum atomic E-state index is 0.00641. The van der Waals surface area contributed by atoms with Gasteiger partial charge in [-0.25, -0.2) is 4.98 Å². The Labute approximate surface area is 112 Å². The second kappa shape index (κ2) is 5.13. The summed E-state index contributed by atoms with van der Waals surface area (Å²) >= 11 is 0. The highest BCUT2D eigenvalue weighted by atomic mass is 16.1. The molecule has 1 aliphatic heterocycles. The number of rotatable bonds is 2. The largest absolute Gasteiger partial charge is 0.306 e. The lowest BCUT2D eigenvalue weighted by atomic mass is 9.98. The van der Waals surface area contributed by atoms with Gasteiger partial charge in [0, 0.05) is 13.1 Å². The zero-order valence-corrected chi connectivity index (χ0v) is 11.2. The number of hydrogen-bond acceptors (Lipinski definition) is 3. The molecule has 1 aromatic heterocycles. The molecule has 100 valence electrons. The SMILES string of the molecule is CN1CCCC(Cn2c(=O)cnc3ccccc32)C1. The highest BCUT2D eigenvalue weighted by Gasteiger charge is 2.18. The summed E-state index contributed by atoms with van der Waals surface area (Å²) in [5.74, 6) is 0.558. The van der Waals surface area contributed by atoms with Crippen molar-refractivity contribution in [3.8, 4) is 0 Å². The molecule has 0 aliphatic carbocycles. The zero-order chi connectivity index (χ0) is 13.2. The van der Waals surface area contributed by atoms with E-state index >= 15 is 0 Å². The molecule has 2 heterocycles. The molecular formula is C15H19N3O. The number of piperidine rings is 1. The second-order valence-corrected chi connectivity index (χ2v) is 5.47. The van der Waals surface area contributed by atoms with Crippen LogP contribution in [0.3, 0.4) is 0 Å². The third kappa shape index (κ3) is 2.54. The van der Waals surface area contributed by atoms with E-state index in [-0.39, 0.29) is 5.56 Å². The molecule has 0 spiro atoms. The summed E-state index contributed by atoms with van der Waals surface area (Å²) in [5, 5.41) is 0. The summed E-state index contributed by atoms with van der Waals surface area (Å²) in [6, 6.07) is 7.86. The molecule has 1 aromatic carbocycles. The molecule has 3 rings (SSSR count). The number of para-hydroxylation sites is 2. The van der Waals surface area contributed by atoms with Crippen LogP contribution in [0.15, 0.2) is 35.3 Å². The van der Waals surface area contributed by atoms with Crippen LogP contribution in [0.5, 0.6) is 0 Å². The topological polar surface area (TPSA) is 38.1 Å². The van der Waals surface area contributed by atoms with Crippen LogP contribution in [0.4, 0.5) is 0 Å². The standard InChI is InChI=1S/C15H19N3O/c1-17-8-4-5-12(10-17)11-18-14-7-3-2-6-13(14)16-9-15(18)19/h2-3,6-7,9,12H,4-5,8,10-11H2,1H3. The van der Waals surface area contributed by atoms with Crippen molar-refractivity contribution in [1.29, 1.82) is 0 Å². The maximum absolute atomic E-state index is 12.1. The van der Waals surface area contributed by atoms with Gasteiger partial charge in [-0.15, -0.1) is 0 Å². The van der Waals surface area contributed by atoms with Crippen molar-refractivity contribution in [2.75, 3.05) is 20.1 Å². The van der Waals surface area contributed by atoms with Crippen molar-refractivity contribution in [2.24, 2.45) is 5.92 Å². The van der Waals surface area contributed by atoms with Crippen LogP contribution in [-0.4, -0.2) is 34.6 Å². The lowest BCUT2D eigenvalue weighted by Crippen LogP contribution is -2.36. The van der Waals surface area contributed by atoms with Crippen LogP contribution in [-0.2, 0) is 6.54 Å². The maximum atomic E-state index is 12.1. The number of likely N-dealkylation sites (tertiary alicyclic amines) is 1. The van der Waals surface area contributed by atoms with Crippen molar-refractivity contribution in [2.45, 2.75) is 19.4 Å². The predicted octanol–water partition coefficient (Wildman–Crippen LogP) is 1.74. The van der Waals surface area contributed by atoms with Gasteiger partial charge >= 0.3 is 0 Å². The summed E-state index contributed by atoms with van der Waals surface area (Å²) in [4.78, 5) is 18.6. The van der Waals surface area contributed by atoms with Gasteiger partial charge in [0.2, 0.25) is 0 Å². The first-order valence-electron chi connectivity index (χ1n) is 6.87. The summed E-state index contributed by atoms with van der Waals surface area (Å²) in [7, 11) is 2.15. The molecule has 1 saturated heterocycles. The number of nitrogens with zero attached hydrogens (tertiary/aromatic N) is 3. The molecule has 4 heteroatoms. The molecule has 19 heavy (non-hydrogen) atoms. The molecule has 4 nitrogen and oxygen atoms in total. The van der Waals surface area contributed by atoms with E-state index in [0.29, 0.717) is 5.92 Å². The van der Waals surface area contributed by atoms with Crippen LogP contribution >= 0.6 is 0 Å². The van der Waals surface area contributed by atoms with Gasteiger partial charge in [-0.1, -0.05) is 12.1 Å². The van der Waals surface area contributed by atoms with Crippen molar-refractivity contribution in [3.05, 3.63) is 40.8 Å². The van der Waals surface area contributed by atoms with Crippen molar-refractivity contribution < 1.29 is 0 Å². The molecule has 0 saturated carbocycles. The number of hydrogen-bond donors (Lipinski definition) is 0. The predicted molar refractivity (Wildman–Crippen MR) is 76.2 cm³/mol. The Bertz CT molecular complexity index is 635. The average molecular weight is 257 g/mol. The van der Waals surface area contributed by atoms with Crippen molar-refractivity contribution >= 4 is 11.0 Å². The molecule has 0 bridgehead atoms. The molecule has 1 atom stereocenters. The first-order chi connectivity index (χ1) is 9.24. The molecule has 2 aromatic rings. The lowest BCUT2D eigenvalue weighted by molar-refractivity contribution is 0.194. The monoisotopic (exact) mass is 257 g/mol. The van der Waals surface area contributed by atoms with E-state index in [1.54, 1.807) is 0 Å². The molecular weight excluding hydrogens is 238 g/mol. The number of aromatic nitrogens is 2. The highest BCUT2D eigenvalue weighted by molar-refractivity contribution is 5.74. The van der Waals surface area contributed by atoms with E-state index in [2.05, 4.69) is 16.9 Å². The van der Waals surface area contributed by atoms with Gasteiger partial charge in [0.15, 0.2) is 0 Å². The summed E-state index contributed by atoms with van der Waals surface area (Å²) < 4.78 is 1.88. The molecule has 1 unspecified atom stereocenters. The fraction of sp³-hybridized carbons (Fsp3) is 0.467. The average Bonchev–Trinajstić information content (AvgIpc) is 2.42. The van der Waals surface area contributed by atoms with Crippen molar-refractivity contribution in [3.63, 3.8) is 0 Å². The Kier molecular flexibility index (Phi) is 3.34. The Morgan fingerprint density at radius 3 is 3.05 bits per heavy atom. The van der Waals surface area contributed by atoms with Crippen molar-refractivity contribution in [1.82, 2.24) is 14.5 Å². The molecule has 1 fully saturated rings. The maximum Gasteiger partial charge on any atom is 0.269 e. The first kappa shape index (κ1) is 12.4. The lowest BCUT2D eigenvalue weighted by Gasteiger charge is -2.30. The normalized spacial score (nSPS) is 20.8. The van der Waals surface area contributed by atoms with Gasteiger partial charge in [0.25, 0.3) is 5.56 Å². The van der Waals surface area contributed by atoms with Gasteiger partial charge in [-0.3, -0.25) is 4.79 Å². The zero-order valence-electron chi connectivity index (χ0n) is 11.2. The fourth-order valence-corrected chi connectivity index (χ4v) is 2.98. The number of fused-ring (bicyclic) bond motifs is 1. The van der Waals surface area contributed by atoms with Gasteiger partial charge in [0.05, 0.1) is 17.2 Å². The second-order valence-electron chi connectivity index (χ2n) is 5.47. The third-order valence-electron chi connectivity index (χ3n) is 3.92. The number of benzene rings is 1. The summed E-state index contributed by atoms with van der Waals surface area (Å²) in [6.45, 7) is 3.04. The minimum Gasteiger partial charge on any atom is -0.306 e. The fourth-order valence-electron chi connectivity index (χ4n) is 2.98. The summed E-state index contributed by atoms with van der Waals surface area (Å²) in [6.07, 6.45) is 3.86. The first-order valence-corrected chi connectivity index (χ1v) is 6.87. The van der Waals surface area contributed by atoms with E-state index in [0.717, 1.165) is 24.1 Å². The van der Waals surface area contributed by atoms with Gasteiger partial charge < -0.3 is 9.47 Å². The Balaban J connectivity index is 1.95. The molecule has 0 amide bonds.